The molecule has 1 aliphatic rings. The summed E-state index contributed by atoms with van der Waals surface area (Å²) in [5, 5.41) is 12.8. The van der Waals surface area contributed by atoms with E-state index in [1.54, 1.807) is 6.92 Å². The Morgan fingerprint density at radius 3 is 2.24 bits per heavy atom. The molecule has 2 N–H and O–H groups in total. The minimum Gasteiger partial charge on any atom is -0.480 e. The summed E-state index contributed by atoms with van der Waals surface area (Å²) in [7, 11) is 0. The zero-order valence-electron chi connectivity index (χ0n) is 14.4. The van der Waals surface area contributed by atoms with Gasteiger partial charge in [0.1, 0.15) is 5.54 Å². The van der Waals surface area contributed by atoms with E-state index in [1.165, 1.54) is 13.0 Å². The van der Waals surface area contributed by atoms with Gasteiger partial charge in [0.05, 0.1) is 0 Å². The Balaban J connectivity index is 2.55. The summed E-state index contributed by atoms with van der Waals surface area (Å²) in [5.74, 6) is -0.757. The number of rotatable bonds is 8. The summed E-state index contributed by atoms with van der Waals surface area (Å²) in [6, 6.07) is 0.445. The Hall–Kier alpha value is -0.650. The van der Waals surface area contributed by atoms with E-state index < -0.39 is 11.5 Å². The van der Waals surface area contributed by atoms with Crippen LogP contribution in [0.25, 0.3) is 0 Å². The highest BCUT2D eigenvalue weighted by Gasteiger charge is 2.36. The molecule has 2 unspecified atom stereocenters. The molecular formula is C16H33N3O2. The maximum absolute atomic E-state index is 11.6. The van der Waals surface area contributed by atoms with Crippen molar-refractivity contribution in [1.82, 2.24) is 15.1 Å². The van der Waals surface area contributed by atoms with Gasteiger partial charge in [-0.05, 0) is 47.1 Å². The van der Waals surface area contributed by atoms with Gasteiger partial charge in [-0.25, -0.2) is 0 Å². The van der Waals surface area contributed by atoms with E-state index in [1.807, 2.05) is 13.8 Å². The van der Waals surface area contributed by atoms with Crippen LogP contribution in [0.15, 0.2) is 0 Å². The minimum atomic E-state index is -0.853. The maximum Gasteiger partial charge on any atom is 0.323 e. The van der Waals surface area contributed by atoms with Gasteiger partial charge in [0.25, 0.3) is 0 Å². The molecule has 0 aromatic carbocycles. The van der Waals surface area contributed by atoms with Crippen LogP contribution in [0, 0.1) is 0 Å². The smallest absolute Gasteiger partial charge is 0.323 e. The Morgan fingerprint density at radius 2 is 1.81 bits per heavy atom. The molecule has 2 atom stereocenters. The SMILES string of the molecule is CCCN1CCN(C(C)CC(C)(NC(C)C)C(=O)O)CC1. The molecule has 1 heterocycles. The lowest BCUT2D eigenvalue weighted by molar-refractivity contribution is -0.145. The normalized spacial score (nSPS) is 22.2. The van der Waals surface area contributed by atoms with Crippen LogP contribution in [-0.4, -0.2) is 71.2 Å². The quantitative estimate of drug-likeness (QED) is 0.713. The lowest BCUT2D eigenvalue weighted by atomic mass is 9.91. The number of nitrogens with zero attached hydrogens (tertiary/aromatic N) is 2. The summed E-state index contributed by atoms with van der Waals surface area (Å²) < 4.78 is 0. The highest BCUT2D eigenvalue weighted by atomic mass is 16.4. The van der Waals surface area contributed by atoms with E-state index in [0.717, 1.165) is 26.2 Å². The van der Waals surface area contributed by atoms with Crippen LogP contribution < -0.4 is 5.32 Å². The number of hydrogen-bond donors (Lipinski definition) is 2. The predicted octanol–water partition coefficient (Wildman–Crippen LogP) is 1.63. The Bertz CT molecular complexity index is 327. The Labute approximate surface area is 129 Å². The van der Waals surface area contributed by atoms with E-state index in [-0.39, 0.29) is 12.1 Å². The van der Waals surface area contributed by atoms with Gasteiger partial charge in [-0.1, -0.05) is 6.92 Å². The van der Waals surface area contributed by atoms with Gasteiger partial charge < -0.3 is 10.0 Å². The standard InChI is InChI=1S/C16H33N3O2/c1-6-7-18-8-10-19(11-9-18)14(4)12-16(5,15(20)21)17-13(2)3/h13-14,17H,6-12H2,1-5H3,(H,20,21). The zero-order chi connectivity index (χ0) is 16.0. The summed E-state index contributed by atoms with van der Waals surface area (Å²) in [5.41, 5.74) is -0.853. The molecule has 5 nitrogen and oxygen atoms in total. The van der Waals surface area contributed by atoms with Crippen LogP contribution >= 0.6 is 0 Å². The third-order valence-electron chi connectivity index (χ3n) is 4.35. The van der Waals surface area contributed by atoms with Crippen LogP contribution in [0.3, 0.4) is 0 Å². The molecule has 124 valence electrons. The fourth-order valence-corrected chi connectivity index (χ4v) is 3.31. The molecule has 21 heavy (non-hydrogen) atoms. The highest BCUT2D eigenvalue weighted by molar-refractivity contribution is 5.78. The van der Waals surface area contributed by atoms with Crippen LogP contribution in [-0.2, 0) is 4.79 Å². The van der Waals surface area contributed by atoms with Crippen molar-refractivity contribution in [2.75, 3.05) is 32.7 Å². The lowest BCUT2D eigenvalue weighted by Crippen LogP contribution is -2.57. The molecule has 0 aromatic rings. The second kappa shape index (κ2) is 8.11. The largest absolute Gasteiger partial charge is 0.480 e. The van der Waals surface area contributed by atoms with Gasteiger partial charge in [-0.3, -0.25) is 15.0 Å². The molecule has 0 aromatic heterocycles. The van der Waals surface area contributed by atoms with Crippen molar-refractivity contribution in [3.05, 3.63) is 0 Å². The fraction of sp³-hybridized carbons (Fsp3) is 0.938. The second-order valence-electron chi connectivity index (χ2n) is 6.87. The van der Waals surface area contributed by atoms with Crippen molar-refractivity contribution < 1.29 is 9.90 Å². The van der Waals surface area contributed by atoms with Gasteiger partial charge in [-0.15, -0.1) is 0 Å². The third-order valence-corrected chi connectivity index (χ3v) is 4.35. The third kappa shape index (κ3) is 5.57. The number of aliphatic carboxylic acids is 1. The van der Waals surface area contributed by atoms with Crippen LogP contribution in [0.5, 0.6) is 0 Å². The Kier molecular flexibility index (Phi) is 7.10. The first-order valence-electron chi connectivity index (χ1n) is 8.26. The van der Waals surface area contributed by atoms with Gasteiger partial charge in [0.15, 0.2) is 0 Å². The van der Waals surface area contributed by atoms with Gasteiger partial charge in [0, 0.05) is 38.3 Å². The monoisotopic (exact) mass is 299 g/mol. The van der Waals surface area contributed by atoms with Crippen molar-refractivity contribution in [2.24, 2.45) is 0 Å². The number of nitrogens with one attached hydrogen (secondary N) is 1. The summed E-state index contributed by atoms with van der Waals surface area (Å²) in [4.78, 5) is 16.5. The summed E-state index contributed by atoms with van der Waals surface area (Å²) in [6.45, 7) is 15.6. The molecule has 0 saturated carbocycles. The van der Waals surface area contributed by atoms with E-state index >= 15 is 0 Å². The van der Waals surface area contributed by atoms with E-state index in [4.69, 9.17) is 0 Å². The van der Waals surface area contributed by atoms with E-state index in [2.05, 4.69) is 29.0 Å². The lowest BCUT2D eigenvalue weighted by Gasteiger charge is -2.41. The molecule has 0 radical (unpaired) electrons. The zero-order valence-corrected chi connectivity index (χ0v) is 14.4. The Morgan fingerprint density at radius 1 is 1.24 bits per heavy atom. The first-order chi connectivity index (χ1) is 9.78. The number of hydrogen-bond acceptors (Lipinski definition) is 4. The molecule has 1 saturated heterocycles. The molecule has 1 aliphatic heterocycles. The van der Waals surface area contributed by atoms with E-state index in [0.29, 0.717) is 6.42 Å². The van der Waals surface area contributed by atoms with Crippen molar-refractivity contribution in [3.8, 4) is 0 Å². The van der Waals surface area contributed by atoms with Crippen LogP contribution in [0.4, 0.5) is 0 Å². The highest BCUT2D eigenvalue weighted by Crippen LogP contribution is 2.19. The fourth-order valence-electron chi connectivity index (χ4n) is 3.31. The minimum absolute atomic E-state index is 0.166. The number of carbonyl (C=O) groups is 1. The summed E-state index contributed by atoms with van der Waals surface area (Å²) >= 11 is 0. The van der Waals surface area contributed by atoms with E-state index in [9.17, 15) is 9.90 Å². The average molecular weight is 299 g/mol. The molecule has 1 fully saturated rings. The van der Waals surface area contributed by atoms with Crippen molar-refractivity contribution >= 4 is 5.97 Å². The number of carboxylic acids is 1. The maximum atomic E-state index is 11.6. The van der Waals surface area contributed by atoms with Crippen molar-refractivity contribution in [2.45, 2.75) is 65.1 Å². The van der Waals surface area contributed by atoms with Crippen molar-refractivity contribution in [3.63, 3.8) is 0 Å². The van der Waals surface area contributed by atoms with Crippen LogP contribution in [0.2, 0.25) is 0 Å². The second-order valence-corrected chi connectivity index (χ2v) is 6.87. The average Bonchev–Trinajstić information content (AvgIpc) is 2.38. The first kappa shape index (κ1) is 18.4. The molecule has 0 aliphatic carbocycles. The van der Waals surface area contributed by atoms with Gasteiger partial charge in [0.2, 0.25) is 0 Å². The van der Waals surface area contributed by atoms with Gasteiger partial charge in [-0.2, -0.15) is 0 Å². The van der Waals surface area contributed by atoms with Gasteiger partial charge >= 0.3 is 5.97 Å². The molecule has 5 heteroatoms. The van der Waals surface area contributed by atoms with Crippen LogP contribution in [0.1, 0.15) is 47.5 Å². The molecule has 0 amide bonds. The molecule has 0 bridgehead atoms. The molecule has 1 rings (SSSR count). The predicted molar refractivity (Wildman–Crippen MR) is 86.7 cm³/mol. The number of carboxylic acid groups (broad SMARTS) is 1. The molecular weight excluding hydrogens is 266 g/mol. The van der Waals surface area contributed by atoms with Crippen molar-refractivity contribution in [1.29, 1.82) is 0 Å². The topological polar surface area (TPSA) is 55.8 Å². The number of piperazine rings is 1. The summed E-state index contributed by atoms with van der Waals surface area (Å²) in [6.07, 6.45) is 1.83. The first-order valence-corrected chi connectivity index (χ1v) is 8.26. The molecule has 0 spiro atoms.